The molecule has 1 atom stereocenters. The fourth-order valence-electron chi connectivity index (χ4n) is 2.87. The molecule has 1 aliphatic rings. The van der Waals surface area contributed by atoms with E-state index in [1.807, 2.05) is 36.4 Å². The highest BCUT2D eigenvalue weighted by atomic mass is 32.1. The van der Waals surface area contributed by atoms with E-state index in [9.17, 15) is 4.79 Å². The van der Waals surface area contributed by atoms with Crippen LogP contribution in [0.1, 0.15) is 35.1 Å². The van der Waals surface area contributed by atoms with Gasteiger partial charge in [0, 0.05) is 16.8 Å². The SMILES string of the molecule is CCCCc1ccc(C2(c3ccccc3)N=C(N)N(C)C2=O)s1. The smallest absolute Gasteiger partial charge is 0.267 e. The van der Waals surface area contributed by atoms with E-state index in [0.717, 1.165) is 29.7 Å². The molecule has 5 heteroatoms. The number of benzene rings is 1. The van der Waals surface area contributed by atoms with E-state index >= 15 is 0 Å². The molecule has 2 heterocycles. The second-order valence-corrected chi connectivity index (χ2v) is 6.95. The number of carbonyl (C=O) groups excluding carboxylic acids is 1. The Balaban J connectivity index is 2.11. The number of unbranched alkanes of at least 4 members (excludes halogenated alkanes) is 1. The number of nitrogens with zero attached hydrogens (tertiary/aromatic N) is 2. The Bertz CT molecular complexity index is 738. The number of nitrogens with two attached hydrogens (primary N) is 1. The Kier molecular flexibility index (Phi) is 4.22. The van der Waals surface area contributed by atoms with Crippen molar-refractivity contribution in [2.45, 2.75) is 31.7 Å². The topological polar surface area (TPSA) is 58.7 Å². The van der Waals surface area contributed by atoms with Gasteiger partial charge in [-0.2, -0.15) is 0 Å². The van der Waals surface area contributed by atoms with Crippen molar-refractivity contribution in [1.29, 1.82) is 0 Å². The van der Waals surface area contributed by atoms with E-state index in [1.54, 1.807) is 18.4 Å². The highest BCUT2D eigenvalue weighted by Gasteiger charge is 2.50. The van der Waals surface area contributed by atoms with Gasteiger partial charge in [0.05, 0.1) is 0 Å². The molecular formula is C18H21N3OS. The lowest BCUT2D eigenvalue weighted by atomic mass is 9.88. The summed E-state index contributed by atoms with van der Waals surface area (Å²) in [6.07, 6.45) is 3.34. The summed E-state index contributed by atoms with van der Waals surface area (Å²) in [4.78, 5) is 21.3. The van der Waals surface area contributed by atoms with E-state index < -0.39 is 5.54 Å². The molecule has 0 saturated carbocycles. The maximum atomic E-state index is 13.0. The lowest BCUT2D eigenvalue weighted by molar-refractivity contribution is -0.129. The van der Waals surface area contributed by atoms with E-state index in [2.05, 4.69) is 18.0 Å². The fraction of sp³-hybridized carbons (Fsp3) is 0.333. The lowest BCUT2D eigenvalue weighted by Gasteiger charge is -2.24. The van der Waals surface area contributed by atoms with Crippen LogP contribution in [0.5, 0.6) is 0 Å². The molecular weight excluding hydrogens is 306 g/mol. The monoisotopic (exact) mass is 327 g/mol. The Morgan fingerprint density at radius 1 is 1.22 bits per heavy atom. The fourth-order valence-corrected chi connectivity index (χ4v) is 4.07. The Morgan fingerprint density at radius 3 is 2.57 bits per heavy atom. The van der Waals surface area contributed by atoms with Crippen LogP contribution in [0, 0.1) is 0 Å². The van der Waals surface area contributed by atoms with E-state index in [4.69, 9.17) is 5.73 Å². The van der Waals surface area contributed by atoms with E-state index in [1.165, 1.54) is 9.78 Å². The molecule has 120 valence electrons. The van der Waals surface area contributed by atoms with Crippen molar-refractivity contribution >= 4 is 23.2 Å². The normalized spacial score (nSPS) is 20.9. The van der Waals surface area contributed by atoms with Gasteiger partial charge in [-0.25, -0.2) is 4.99 Å². The Morgan fingerprint density at radius 2 is 1.96 bits per heavy atom. The minimum absolute atomic E-state index is 0.0925. The van der Waals surface area contributed by atoms with Gasteiger partial charge in [-0.3, -0.25) is 9.69 Å². The van der Waals surface area contributed by atoms with Crippen molar-refractivity contribution in [3.8, 4) is 0 Å². The summed E-state index contributed by atoms with van der Waals surface area (Å²) in [6.45, 7) is 2.18. The predicted octanol–water partition coefficient (Wildman–Crippen LogP) is 3.12. The average Bonchev–Trinajstić information content (AvgIpc) is 3.13. The highest BCUT2D eigenvalue weighted by molar-refractivity contribution is 7.12. The van der Waals surface area contributed by atoms with E-state index in [-0.39, 0.29) is 11.9 Å². The summed E-state index contributed by atoms with van der Waals surface area (Å²) >= 11 is 1.66. The van der Waals surface area contributed by atoms with Gasteiger partial charge in [-0.15, -0.1) is 11.3 Å². The van der Waals surface area contributed by atoms with Gasteiger partial charge < -0.3 is 5.73 Å². The zero-order valence-electron chi connectivity index (χ0n) is 13.5. The first-order valence-corrected chi connectivity index (χ1v) is 8.69. The number of likely N-dealkylation sites (N-methyl/N-ethyl adjacent to an activating group) is 1. The molecule has 0 spiro atoms. The van der Waals surface area contributed by atoms with Gasteiger partial charge in [-0.05, 0) is 30.5 Å². The molecule has 0 fully saturated rings. The number of carbonyl (C=O) groups is 1. The molecule has 2 N–H and O–H groups in total. The van der Waals surface area contributed by atoms with Crippen LogP contribution < -0.4 is 5.73 Å². The summed E-state index contributed by atoms with van der Waals surface area (Å²) in [5.41, 5.74) is 5.80. The van der Waals surface area contributed by atoms with Crippen molar-refractivity contribution in [2.24, 2.45) is 10.7 Å². The second kappa shape index (κ2) is 6.16. The molecule has 1 amide bonds. The minimum atomic E-state index is -1.03. The zero-order chi connectivity index (χ0) is 16.4. The first-order valence-electron chi connectivity index (χ1n) is 7.87. The molecule has 0 saturated heterocycles. The molecule has 0 radical (unpaired) electrons. The average molecular weight is 327 g/mol. The molecule has 1 aromatic carbocycles. The third kappa shape index (κ3) is 2.55. The van der Waals surface area contributed by atoms with Crippen LogP contribution in [0.4, 0.5) is 0 Å². The Hall–Kier alpha value is -2.14. The first-order chi connectivity index (χ1) is 11.1. The largest absolute Gasteiger partial charge is 0.369 e. The van der Waals surface area contributed by atoms with Gasteiger partial charge in [-0.1, -0.05) is 43.7 Å². The van der Waals surface area contributed by atoms with Crippen molar-refractivity contribution in [1.82, 2.24) is 4.90 Å². The van der Waals surface area contributed by atoms with Gasteiger partial charge >= 0.3 is 0 Å². The van der Waals surface area contributed by atoms with Crippen LogP contribution in [-0.2, 0) is 16.8 Å². The van der Waals surface area contributed by atoms with Gasteiger partial charge in [0.1, 0.15) is 0 Å². The zero-order valence-corrected chi connectivity index (χ0v) is 14.3. The number of hydrogen-bond donors (Lipinski definition) is 1. The maximum Gasteiger partial charge on any atom is 0.267 e. The number of thiophene rings is 1. The molecule has 1 aliphatic heterocycles. The minimum Gasteiger partial charge on any atom is -0.369 e. The summed E-state index contributed by atoms with van der Waals surface area (Å²) in [5, 5.41) is 0. The maximum absolute atomic E-state index is 13.0. The van der Waals surface area contributed by atoms with Crippen LogP contribution >= 0.6 is 11.3 Å². The third-order valence-corrected chi connectivity index (χ3v) is 5.48. The summed E-state index contributed by atoms with van der Waals surface area (Å²) in [7, 11) is 1.68. The Labute approximate surface area is 140 Å². The summed E-state index contributed by atoms with van der Waals surface area (Å²) in [5.74, 6) is 0.174. The summed E-state index contributed by atoms with van der Waals surface area (Å²) in [6, 6.07) is 13.8. The highest BCUT2D eigenvalue weighted by Crippen LogP contribution is 2.42. The molecule has 4 nitrogen and oxygen atoms in total. The number of rotatable bonds is 5. The van der Waals surface area contributed by atoms with Crippen LogP contribution in [0.2, 0.25) is 0 Å². The number of guanidine groups is 1. The van der Waals surface area contributed by atoms with E-state index in [0.29, 0.717) is 0 Å². The molecule has 2 aromatic rings. The second-order valence-electron chi connectivity index (χ2n) is 5.78. The number of aliphatic imine (C=N–C) groups is 1. The van der Waals surface area contributed by atoms with Crippen LogP contribution in [-0.4, -0.2) is 23.8 Å². The third-order valence-electron chi connectivity index (χ3n) is 4.23. The van der Waals surface area contributed by atoms with Crippen molar-refractivity contribution < 1.29 is 4.79 Å². The first kappa shape index (κ1) is 15.7. The van der Waals surface area contributed by atoms with Crippen LogP contribution in [0.15, 0.2) is 47.5 Å². The van der Waals surface area contributed by atoms with Crippen molar-refractivity contribution in [3.05, 3.63) is 57.8 Å². The number of aryl methyl sites for hydroxylation is 1. The number of amides is 1. The standard InChI is InChI=1S/C18H21N3OS/c1-3-4-10-14-11-12-15(23-14)18(13-8-6-5-7-9-13)16(22)21(2)17(19)20-18/h5-9,11-12H,3-4,10H2,1-2H3,(H2,19,20). The summed E-state index contributed by atoms with van der Waals surface area (Å²) < 4.78 is 0. The lowest BCUT2D eigenvalue weighted by Crippen LogP contribution is -2.40. The van der Waals surface area contributed by atoms with Gasteiger partial charge in [0.25, 0.3) is 5.91 Å². The predicted molar refractivity (Wildman–Crippen MR) is 94.5 cm³/mol. The molecule has 0 bridgehead atoms. The van der Waals surface area contributed by atoms with Crippen molar-refractivity contribution in [2.75, 3.05) is 7.05 Å². The van der Waals surface area contributed by atoms with Crippen LogP contribution in [0.3, 0.4) is 0 Å². The van der Waals surface area contributed by atoms with Crippen molar-refractivity contribution in [3.63, 3.8) is 0 Å². The quantitative estimate of drug-likeness (QED) is 0.917. The molecule has 3 rings (SSSR count). The molecule has 1 aromatic heterocycles. The molecule has 1 unspecified atom stereocenters. The van der Waals surface area contributed by atoms with Gasteiger partial charge in [0.15, 0.2) is 5.96 Å². The number of hydrogen-bond acceptors (Lipinski definition) is 4. The molecule has 0 aliphatic carbocycles. The molecule has 23 heavy (non-hydrogen) atoms. The van der Waals surface area contributed by atoms with Gasteiger partial charge in [0.2, 0.25) is 5.54 Å². The van der Waals surface area contributed by atoms with Crippen LogP contribution in [0.25, 0.3) is 0 Å².